The van der Waals surface area contributed by atoms with Gasteiger partial charge in [-0.1, -0.05) is 30.7 Å². The molecule has 0 aromatic heterocycles. The van der Waals surface area contributed by atoms with Gasteiger partial charge in [-0.25, -0.2) is 0 Å². The van der Waals surface area contributed by atoms with Crippen LogP contribution in [0.4, 0.5) is 0 Å². The number of nitrogens with one attached hydrogen (secondary N) is 1. The summed E-state index contributed by atoms with van der Waals surface area (Å²) in [5, 5.41) is 3.37. The van der Waals surface area contributed by atoms with Crippen LogP contribution >= 0.6 is 0 Å². The van der Waals surface area contributed by atoms with Crippen molar-refractivity contribution in [2.45, 2.75) is 27.3 Å². The lowest BCUT2D eigenvalue weighted by molar-refractivity contribution is 0.416. The summed E-state index contributed by atoms with van der Waals surface area (Å²) in [4.78, 5) is 0. The summed E-state index contributed by atoms with van der Waals surface area (Å²) in [5.74, 6) is 0.930. The highest BCUT2D eigenvalue weighted by atomic mass is 16.5. The van der Waals surface area contributed by atoms with Crippen molar-refractivity contribution in [1.29, 1.82) is 0 Å². The normalized spacial score (nSPS) is 10.6. The van der Waals surface area contributed by atoms with Crippen LogP contribution in [0.1, 0.15) is 23.6 Å². The Kier molecular flexibility index (Phi) is 4.80. The monoisotopic (exact) mass is 269 g/mol. The molecule has 0 aliphatic carbocycles. The zero-order chi connectivity index (χ0) is 14.5. The van der Waals surface area contributed by atoms with E-state index in [0.717, 1.165) is 18.8 Å². The highest BCUT2D eigenvalue weighted by molar-refractivity contribution is 5.74. The molecule has 2 aromatic rings. The molecule has 0 spiro atoms. The number of hydrogen-bond acceptors (Lipinski definition) is 2. The third kappa shape index (κ3) is 3.20. The predicted molar refractivity (Wildman–Crippen MR) is 85.3 cm³/mol. The molecule has 0 heterocycles. The second-order valence-corrected chi connectivity index (χ2v) is 5.13. The number of ether oxygens (including phenoxy) is 1. The first-order valence-corrected chi connectivity index (χ1v) is 7.11. The molecule has 2 aromatic carbocycles. The van der Waals surface area contributed by atoms with E-state index in [0.29, 0.717) is 0 Å². The molecule has 0 aliphatic rings. The van der Waals surface area contributed by atoms with Gasteiger partial charge >= 0.3 is 0 Å². The van der Waals surface area contributed by atoms with Crippen molar-refractivity contribution in [3.05, 3.63) is 53.1 Å². The molecule has 0 amide bonds. The fourth-order valence-electron chi connectivity index (χ4n) is 2.37. The van der Waals surface area contributed by atoms with Crippen LogP contribution in [-0.4, -0.2) is 13.7 Å². The third-order valence-electron chi connectivity index (χ3n) is 3.53. The van der Waals surface area contributed by atoms with E-state index in [4.69, 9.17) is 4.74 Å². The van der Waals surface area contributed by atoms with Gasteiger partial charge in [0, 0.05) is 12.1 Å². The van der Waals surface area contributed by atoms with Gasteiger partial charge in [0.2, 0.25) is 0 Å². The van der Waals surface area contributed by atoms with Crippen molar-refractivity contribution in [2.24, 2.45) is 0 Å². The van der Waals surface area contributed by atoms with Crippen molar-refractivity contribution < 1.29 is 4.74 Å². The van der Waals surface area contributed by atoms with Gasteiger partial charge < -0.3 is 10.1 Å². The standard InChI is InChI=1S/C18H23NO/c1-5-19-12-15-8-7-14(3)16(11-15)17-10-13(2)6-9-18(17)20-4/h6-11,19H,5,12H2,1-4H3. The van der Waals surface area contributed by atoms with Crippen molar-refractivity contribution in [3.63, 3.8) is 0 Å². The average molecular weight is 269 g/mol. The highest BCUT2D eigenvalue weighted by Gasteiger charge is 2.09. The summed E-state index contributed by atoms with van der Waals surface area (Å²) in [6, 6.07) is 12.9. The van der Waals surface area contributed by atoms with Crippen molar-refractivity contribution >= 4 is 0 Å². The second-order valence-electron chi connectivity index (χ2n) is 5.13. The van der Waals surface area contributed by atoms with E-state index in [9.17, 15) is 0 Å². The minimum Gasteiger partial charge on any atom is -0.496 e. The smallest absolute Gasteiger partial charge is 0.126 e. The lowest BCUT2D eigenvalue weighted by Gasteiger charge is -2.14. The van der Waals surface area contributed by atoms with Crippen molar-refractivity contribution in [2.75, 3.05) is 13.7 Å². The first-order chi connectivity index (χ1) is 9.65. The summed E-state index contributed by atoms with van der Waals surface area (Å²) in [5.41, 5.74) is 6.24. The molecule has 2 nitrogen and oxygen atoms in total. The summed E-state index contributed by atoms with van der Waals surface area (Å²) in [6.07, 6.45) is 0. The van der Waals surface area contributed by atoms with Crippen molar-refractivity contribution in [3.8, 4) is 16.9 Å². The summed E-state index contributed by atoms with van der Waals surface area (Å²) >= 11 is 0. The Hall–Kier alpha value is -1.80. The molecule has 20 heavy (non-hydrogen) atoms. The zero-order valence-corrected chi connectivity index (χ0v) is 12.8. The van der Waals surface area contributed by atoms with E-state index in [1.165, 1.54) is 27.8 Å². The van der Waals surface area contributed by atoms with Crippen LogP contribution in [0.5, 0.6) is 5.75 Å². The van der Waals surface area contributed by atoms with Crippen LogP contribution in [0.25, 0.3) is 11.1 Å². The minimum absolute atomic E-state index is 0.901. The molecule has 0 radical (unpaired) electrons. The van der Waals surface area contributed by atoms with Gasteiger partial charge in [-0.3, -0.25) is 0 Å². The third-order valence-corrected chi connectivity index (χ3v) is 3.53. The maximum absolute atomic E-state index is 5.52. The summed E-state index contributed by atoms with van der Waals surface area (Å²) in [6.45, 7) is 8.27. The minimum atomic E-state index is 0.901. The molecule has 0 fully saturated rings. The van der Waals surface area contributed by atoms with E-state index in [1.54, 1.807) is 7.11 Å². The Labute approximate surface area is 121 Å². The van der Waals surface area contributed by atoms with Gasteiger partial charge in [-0.05, 0) is 55.3 Å². The number of methoxy groups -OCH3 is 1. The number of hydrogen-bond donors (Lipinski definition) is 1. The van der Waals surface area contributed by atoms with Crippen LogP contribution in [0.15, 0.2) is 36.4 Å². The van der Waals surface area contributed by atoms with Crippen molar-refractivity contribution in [1.82, 2.24) is 5.32 Å². The Morgan fingerprint density at radius 1 is 1.00 bits per heavy atom. The van der Waals surface area contributed by atoms with Gasteiger partial charge in [0.15, 0.2) is 0 Å². The van der Waals surface area contributed by atoms with Crippen LogP contribution < -0.4 is 10.1 Å². The lowest BCUT2D eigenvalue weighted by atomic mass is 9.96. The molecule has 2 rings (SSSR count). The Morgan fingerprint density at radius 2 is 1.80 bits per heavy atom. The van der Waals surface area contributed by atoms with Crippen LogP contribution in [0.3, 0.4) is 0 Å². The first-order valence-electron chi connectivity index (χ1n) is 7.11. The van der Waals surface area contributed by atoms with E-state index in [2.05, 4.69) is 56.4 Å². The van der Waals surface area contributed by atoms with Gasteiger partial charge in [-0.15, -0.1) is 0 Å². The highest BCUT2D eigenvalue weighted by Crippen LogP contribution is 2.33. The Balaban J connectivity index is 2.48. The topological polar surface area (TPSA) is 21.3 Å². The summed E-state index contributed by atoms with van der Waals surface area (Å²) < 4.78 is 5.52. The molecule has 0 aliphatic heterocycles. The largest absolute Gasteiger partial charge is 0.496 e. The molecule has 0 unspecified atom stereocenters. The maximum atomic E-state index is 5.52. The maximum Gasteiger partial charge on any atom is 0.126 e. The quantitative estimate of drug-likeness (QED) is 0.882. The van der Waals surface area contributed by atoms with E-state index in [1.807, 2.05) is 6.07 Å². The lowest BCUT2D eigenvalue weighted by Crippen LogP contribution is -2.11. The second kappa shape index (κ2) is 6.58. The van der Waals surface area contributed by atoms with E-state index < -0.39 is 0 Å². The Bertz CT molecular complexity index is 590. The molecule has 106 valence electrons. The van der Waals surface area contributed by atoms with E-state index >= 15 is 0 Å². The molecule has 2 heteroatoms. The predicted octanol–water partition coefficient (Wildman–Crippen LogP) is 4.09. The molecular weight excluding hydrogens is 246 g/mol. The van der Waals surface area contributed by atoms with Gasteiger partial charge in [0.05, 0.1) is 7.11 Å². The molecule has 0 saturated carbocycles. The molecule has 1 N–H and O–H groups in total. The number of benzene rings is 2. The zero-order valence-electron chi connectivity index (χ0n) is 12.8. The number of rotatable bonds is 5. The number of aryl methyl sites for hydroxylation is 2. The van der Waals surface area contributed by atoms with E-state index in [-0.39, 0.29) is 0 Å². The van der Waals surface area contributed by atoms with Gasteiger partial charge in [0.1, 0.15) is 5.75 Å². The first kappa shape index (κ1) is 14.6. The Morgan fingerprint density at radius 3 is 2.50 bits per heavy atom. The van der Waals surface area contributed by atoms with Gasteiger partial charge in [-0.2, -0.15) is 0 Å². The van der Waals surface area contributed by atoms with Gasteiger partial charge in [0.25, 0.3) is 0 Å². The molecule has 0 saturated heterocycles. The summed E-state index contributed by atoms with van der Waals surface area (Å²) in [7, 11) is 1.73. The molecular formula is C18H23NO. The van der Waals surface area contributed by atoms with Crippen LogP contribution in [0, 0.1) is 13.8 Å². The van der Waals surface area contributed by atoms with Crippen LogP contribution in [0.2, 0.25) is 0 Å². The molecule has 0 atom stereocenters. The fraction of sp³-hybridized carbons (Fsp3) is 0.333. The fourth-order valence-corrected chi connectivity index (χ4v) is 2.37. The molecule has 0 bridgehead atoms. The SMILES string of the molecule is CCNCc1ccc(C)c(-c2cc(C)ccc2OC)c1. The average Bonchev–Trinajstić information content (AvgIpc) is 2.46. The van der Waals surface area contributed by atoms with Crippen LogP contribution in [-0.2, 0) is 6.54 Å².